The van der Waals surface area contributed by atoms with Gasteiger partial charge in [-0.05, 0) is 30.3 Å². The van der Waals surface area contributed by atoms with Gasteiger partial charge < -0.3 is 19.3 Å². The number of carbonyl (C=O) groups excluding carboxylic acids is 1. The number of aliphatic carboxylic acids is 1. The number of carboxylic acids is 1. The van der Waals surface area contributed by atoms with Gasteiger partial charge in [-0.25, -0.2) is 9.18 Å². The highest BCUT2D eigenvalue weighted by molar-refractivity contribution is 5.95. The molecule has 0 saturated carbocycles. The molecule has 1 saturated heterocycles. The molecule has 1 aliphatic heterocycles. The molecule has 1 aromatic heterocycles. The quantitative estimate of drug-likeness (QED) is 0.932. The van der Waals surface area contributed by atoms with Crippen molar-refractivity contribution in [2.45, 2.75) is 6.10 Å². The lowest BCUT2D eigenvalue weighted by Crippen LogP contribution is -2.48. The van der Waals surface area contributed by atoms with Gasteiger partial charge in [0.2, 0.25) is 0 Å². The van der Waals surface area contributed by atoms with Crippen LogP contribution in [0.5, 0.6) is 0 Å². The highest BCUT2D eigenvalue weighted by atomic mass is 19.1. The number of rotatable bonds is 3. The Kier molecular flexibility index (Phi) is 4.12. The molecule has 0 unspecified atom stereocenters. The van der Waals surface area contributed by atoms with Crippen LogP contribution in [0.15, 0.2) is 42.7 Å². The number of hydrogen-bond donors (Lipinski definition) is 1. The summed E-state index contributed by atoms with van der Waals surface area (Å²) in [4.78, 5) is 24.8. The van der Waals surface area contributed by atoms with Crippen LogP contribution in [0.1, 0.15) is 10.4 Å². The van der Waals surface area contributed by atoms with E-state index in [4.69, 9.17) is 9.84 Å². The minimum atomic E-state index is -1.11. The lowest BCUT2D eigenvalue weighted by atomic mass is 10.1. The number of hydrogen-bond acceptors (Lipinski definition) is 3. The van der Waals surface area contributed by atoms with Crippen molar-refractivity contribution < 1.29 is 23.8 Å². The molecule has 7 heteroatoms. The molecule has 1 amide bonds. The van der Waals surface area contributed by atoms with Gasteiger partial charge in [0.25, 0.3) is 5.91 Å². The molecule has 1 N–H and O–H groups in total. The van der Waals surface area contributed by atoms with E-state index in [-0.39, 0.29) is 25.3 Å². The average Bonchev–Trinajstić information content (AvgIpc) is 3.08. The monoisotopic (exact) mass is 318 g/mol. The van der Waals surface area contributed by atoms with E-state index < -0.39 is 23.8 Å². The second-order valence-corrected chi connectivity index (χ2v) is 5.21. The molecule has 6 nitrogen and oxygen atoms in total. The van der Waals surface area contributed by atoms with E-state index in [0.29, 0.717) is 5.69 Å². The summed E-state index contributed by atoms with van der Waals surface area (Å²) in [5, 5.41) is 8.97. The minimum absolute atomic E-state index is 0.0465. The number of aromatic nitrogens is 1. The molecule has 3 rings (SSSR count). The highest BCUT2D eigenvalue weighted by Gasteiger charge is 2.29. The molecule has 0 bridgehead atoms. The molecule has 1 fully saturated rings. The number of carbonyl (C=O) groups is 2. The predicted molar refractivity (Wildman–Crippen MR) is 79.0 cm³/mol. The van der Waals surface area contributed by atoms with Gasteiger partial charge in [-0.2, -0.15) is 0 Å². The molecule has 0 spiro atoms. The van der Waals surface area contributed by atoms with E-state index in [9.17, 15) is 14.0 Å². The molecule has 0 aliphatic carbocycles. The van der Waals surface area contributed by atoms with Gasteiger partial charge in [-0.3, -0.25) is 4.79 Å². The third-order valence-electron chi connectivity index (χ3n) is 3.71. The zero-order valence-corrected chi connectivity index (χ0v) is 12.2. The SMILES string of the molecule is O=C(O)[C@H]1CN(C(=O)c2ccc(-n3cccc3)c(F)c2)CCO1. The van der Waals surface area contributed by atoms with E-state index >= 15 is 0 Å². The summed E-state index contributed by atoms with van der Waals surface area (Å²) in [6.07, 6.45) is 2.37. The number of amides is 1. The molecule has 2 heterocycles. The van der Waals surface area contributed by atoms with Crippen LogP contribution >= 0.6 is 0 Å². The van der Waals surface area contributed by atoms with E-state index in [2.05, 4.69) is 0 Å². The lowest BCUT2D eigenvalue weighted by Gasteiger charge is -2.31. The van der Waals surface area contributed by atoms with Crippen molar-refractivity contribution in [3.8, 4) is 5.69 Å². The summed E-state index contributed by atoms with van der Waals surface area (Å²) in [5.41, 5.74) is 0.529. The van der Waals surface area contributed by atoms with Crippen molar-refractivity contribution in [2.75, 3.05) is 19.7 Å². The maximum atomic E-state index is 14.2. The van der Waals surface area contributed by atoms with Crippen LogP contribution in [0.4, 0.5) is 4.39 Å². The Bertz CT molecular complexity index is 730. The fraction of sp³-hybridized carbons (Fsp3) is 0.250. The lowest BCUT2D eigenvalue weighted by molar-refractivity contribution is -0.154. The van der Waals surface area contributed by atoms with Gasteiger partial charge in [-0.1, -0.05) is 0 Å². The zero-order valence-electron chi connectivity index (χ0n) is 12.2. The van der Waals surface area contributed by atoms with E-state index in [1.54, 1.807) is 29.1 Å². The van der Waals surface area contributed by atoms with Crippen molar-refractivity contribution in [3.63, 3.8) is 0 Å². The van der Waals surface area contributed by atoms with Crippen LogP contribution in [0.25, 0.3) is 5.69 Å². The highest BCUT2D eigenvalue weighted by Crippen LogP contribution is 2.18. The van der Waals surface area contributed by atoms with Gasteiger partial charge in [0.05, 0.1) is 18.8 Å². The molecule has 2 aromatic rings. The second kappa shape index (κ2) is 6.21. The summed E-state index contributed by atoms with van der Waals surface area (Å²) in [6.45, 7) is 0.380. The second-order valence-electron chi connectivity index (χ2n) is 5.21. The Morgan fingerprint density at radius 2 is 2.00 bits per heavy atom. The van der Waals surface area contributed by atoms with E-state index in [1.807, 2.05) is 0 Å². The molecule has 120 valence electrons. The van der Waals surface area contributed by atoms with Crippen molar-refractivity contribution >= 4 is 11.9 Å². The summed E-state index contributed by atoms with van der Waals surface area (Å²) in [5.74, 6) is -2.04. The maximum absolute atomic E-state index is 14.2. The first-order valence-corrected chi connectivity index (χ1v) is 7.13. The summed E-state index contributed by atoms with van der Waals surface area (Å²) in [6, 6.07) is 7.78. The Balaban J connectivity index is 1.80. The number of morpholine rings is 1. The van der Waals surface area contributed by atoms with Crippen LogP contribution in [0.2, 0.25) is 0 Å². The summed E-state index contributed by atoms with van der Waals surface area (Å²) in [7, 11) is 0. The zero-order chi connectivity index (χ0) is 16.4. The first-order chi connectivity index (χ1) is 11.1. The van der Waals surface area contributed by atoms with Crippen LogP contribution in [0, 0.1) is 5.82 Å². The van der Waals surface area contributed by atoms with Crippen LogP contribution in [0.3, 0.4) is 0 Å². The van der Waals surface area contributed by atoms with Crippen molar-refractivity contribution in [3.05, 3.63) is 54.1 Å². The standard InChI is InChI=1S/C16H15FN2O4/c17-12-9-11(3-4-13(12)18-5-1-2-6-18)15(20)19-7-8-23-14(10-19)16(21)22/h1-6,9,14H,7-8,10H2,(H,21,22)/t14-/m1/s1. The third-order valence-corrected chi connectivity index (χ3v) is 3.71. The number of benzene rings is 1. The molecular formula is C16H15FN2O4. The molecule has 0 radical (unpaired) electrons. The number of ether oxygens (including phenoxy) is 1. The normalized spacial score (nSPS) is 18.0. The molecular weight excluding hydrogens is 303 g/mol. The minimum Gasteiger partial charge on any atom is -0.479 e. The van der Waals surface area contributed by atoms with Crippen molar-refractivity contribution in [1.82, 2.24) is 9.47 Å². The molecule has 1 atom stereocenters. The molecule has 1 aromatic carbocycles. The Labute approximate surface area is 131 Å². The summed E-state index contributed by atoms with van der Waals surface area (Å²) < 4.78 is 20.9. The number of halogens is 1. The predicted octanol–water partition coefficient (Wildman–Crippen LogP) is 1.54. The Morgan fingerprint density at radius 3 is 2.65 bits per heavy atom. The topological polar surface area (TPSA) is 71.8 Å². The van der Waals surface area contributed by atoms with Crippen molar-refractivity contribution in [1.29, 1.82) is 0 Å². The fourth-order valence-corrected chi connectivity index (χ4v) is 2.51. The van der Waals surface area contributed by atoms with Crippen LogP contribution < -0.4 is 0 Å². The largest absolute Gasteiger partial charge is 0.479 e. The number of carboxylic acid groups (broad SMARTS) is 1. The van der Waals surface area contributed by atoms with Crippen molar-refractivity contribution in [2.24, 2.45) is 0 Å². The first kappa shape index (κ1) is 15.2. The first-order valence-electron chi connectivity index (χ1n) is 7.13. The smallest absolute Gasteiger partial charge is 0.334 e. The fourth-order valence-electron chi connectivity index (χ4n) is 2.51. The average molecular weight is 318 g/mol. The van der Waals surface area contributed by atoms with Gasteiger partial charge in [-0.15, -0.1) is 0 Å². The van der Waals surface area contributed by atoms with Gasteiger partial charge in [0.15, 0.2) is 6.10 Å². The van der Waals surface area contributed by atoms with Crippen LogP contribution in [-0.4, -0.2) is 52.3 Å². The Morgan fingerprint density at radius 1 is 1.26 bits per heavy atom. The van der Waals surface area contributed by atoms with Gasteiger partial charge in [0, 0.05) is 24.5 Å². The van der Waals surface area contributed by atoms with Gasteiger partial charge >= 0.3 is 5.97 Å². The van der Waals surface area contributed by atoms with E-state index in [1.165, 1.54) is 23.1 Å². The summed E-state index contributed by atoms with van der Waals surface area (Å²) >= 11 is 0. The maximum Gasteiger partial charge on any atom is 0.334 e. The molecule has 23 heavy (non-hydrogen) atoms. The number of nitrogens with zero attached hydrogens (tertiary/aromatic N) is 2. The van der Waals surface area contributed by atoms with Crippen LogP contribution in [-0.2, 0) is 9.53 Å². The molecule has 1 aliphatic rings. The Hall–Kier alpha value is -2.67. The van der Waals surface area contributed by atoms with E-state index in [0.717, 1.165) is 0 Å². The van der Waals surface area contributed by atoms with Gasteiger partial charge in [0.1, 0.15) is 5.82 Å². The third kappa shape index (κ3) is 3.09.